The predicted octanol–water partition coefficient (Wildman–Crippen LogP) is 2.84. The molecule has 1 aromatic carbocycles. The van der Waals surface area contributed by atoms with Crippen molar-refractivity contribution in [2.45, 2.75) is 19.1 Å². The van der Waals surface area contributed by atoms with E-state index in [2.05, 4.69) is 32.6 Å². The first kappa shape index (κ1) is 8.50. The van der Waals surface area contributed by atoms with Gasteiger partial charge in [0.2, 0.25) is 0 Å². The van der Waals surface area contributed by atoms with Crippen LogP contribution in [0.25, 0.3) is 10.9 Å². The molecule has 0 radical (unpaired) electrons. The Morgan fingerprint density at radius 3 is 3.14 bits per heavy atom. The molecule has 3 heteroatoms. The van der Waals surface area contributed by atoms with Gasteiger partial charge in [-0.2, -0.15) is 0 Å². The number of fused-ring (bicyclic) bond motifs is 3. The van der Waals surface area contributed by atoms with Gasteiger partial charge in [-0.05, 0) is 34.5 Å². The second kappa shape index (κ2) is 2.84. The van der Waals surface area contributed by atoms with Crippen LogP contribution in [0.4, 0.5) is 0 Å². The van der Waals surface area contributed by atoms with Gasteiger partial charge in [0, 0.05) is 22.1 Å². The first-order valence-electron chi connectivity index (χ1n) is 4.73. The summed E-state index contributed by atoms with van der Waals surface area (Å²) in [7, 11) is 0. The second-order valence-electron chi connectivity index (χ2n) is 3.70. The van der Waals surface area contributed by atoms with E-state index >= 15 is 0 Å². The number of para-hydroxylation sites is 1. The Morgan fingerprint density at radius 1 is 1.43 bits per heavy atom. The Kier molecular flexibility index (Phi) is 1.73. The van der Waals surface area contributed by atoms with Gasteiger partial charge in [-0.15, -0.1) is 0 Å². The lowest BCUT2D eigenvalue weighted by atomic mass is 10.2. The lowest BCUT2D eigenvalue weighted by molar-refractivity contribution is 0.180. The van der Waals surface area contributed by atoms with Crippen molar-refractivity contribution in [2.75, 3.05) is 0 Å². The first-order chi connectivity index (χ1) is 6.77. The number of benzene rings is 1. The molecule has 0 bridgehead atoms. The van der Waals surface area contributed by atoms with Crippen LogP contribution >= 0.6 is 15.9 Å². The minimum atomic E-state index is -0.283. The van der Waals surface area contributed by atoms with Crippen LogP contribution in [0.2, 0.25) is 0 Å². The summed E-state index contributed by atoms with van der Waals surface area (Å²) in [6.07, 6.45) is 0.557. The Labute approximate surface area is 90.3 Å². The highest BCUT2D eigenvalue weighted by molar-refractivity contribution is 9.10. The molecule has 0 fully saturated rings. The fourth-order valence-electron chi connectivity index (χ4n) is 2.22. The van der Waals surface area contributed by atoms with Crippen molar-refractivity contribution in [3.8, 4) is 0 Å². The molecule has 1 aromatic heterocycles. The number of rotatable bonds is 0. The van der Waals surface area contributed by atoms with Crippen molar-refractivity contribution in [3.63, 3.8) is 0 Å². The molecule has 2 aromatic rings. The van der Waals surface area contributed by atoms with E-state index in [0.29, 0.717) is 0 Å². The largest absolute Gasteiger partial charge is 0.387 e. The smallest absolute Gasteiger partial charge is 0.0957 e. The summed E-state index contributed by atoms with van der Waals surface area (Å²) in [5, 5.41) is 10.9. The van der Waals surface area contributed by atoms with Crippen LogP contribution in [0.15, 0.2) is 28.7 Å². The van der Waals surface area contributed by atoms with Crippen molar-refractivity contribution in [1.29, 1.82) is 0 Å². The molecule has 0 spiro atoms. The molecule has 2 nitrogen and oxygen atoms in total. The van der Waals surface area contributed by atoms with Crippen molar-refractivity contribution in [1.82, 2.24) is 4.57 Å². The van der Waals surface area contributed by atoms with Gasteiger partial charge >= 0.3 is 0 Å². The Morgan fingerprint density at radius 2 is 2.29 bits per heavy atom. The van der Waals surface area contributed by atoms with Gasteiger partial charge in [-0.1, -0.05) is 12.1 Å². The zero-order chi connectivity index (χ0) is 9.71. The van der Waals surface area contributed by atoms with Crippen molar-refractivity contribution < 1.29 is 5.11 Å². The fraction of sp³-hybridized carbons (Fsp3) is 0.273. The van der Waals surface area contributed by atoms with E-state index in [1.165, 1.54) is 10.9 Å². The van der Waals surface area contributed by atoms with E-state index in [-0.39, 0.29) is 6.10 Å². The third-order valence-electron chi connectivity index (χ3n) is 2.87. The number of nitrogens with zero attached hydrogens (tertiary/aromatic N) is 1. The highest BCUT2D eigenvalue weighted by Gasteiger charge is 2.23. The second-order valence-corrected chi connectivity index (χ2v) is 4.56. The molecule has 1 aliphatic heterocycles. The van der Waals surface area contributed by atoms with E-state index < -0.39 is 0 Å². The Hall–Kier alpha value is -0.800. The SMILES string of the molecule is OC1CCn2c1cc1cccc(Br)c12. The molecule has 14 heavy (non-hydrogen) atoms. The van der Waals surface area contributed by atoms with Crippen LogP contribution in [0, 0.1) is 0 Å². The molecule has 3 rings (SSSR count). The summed E-state index contributed by atoms with van der Waals surface area (Å²) in [6, 6.07) is 8.23. The Balaban J connectivity index is 2.41. The third kappa shape index (κ3) is 0.996. The highest BCUT2D eigenvalue weighted by atomic mass is 79.9. The number of hydrogen-bond donors (Lipinski definition) is 1. The maximum Gasteiger partial charge on any atom is 0.0957 e. The summed E-state index contributed by atoms with van der Waals surface area (Å²) in [5.74, 6) is 0. The van der Waals surface area contributed by atoms with Crippen LogP contribution in [-0.4, -0.2) is 9.67 Å². The first-order valence-corrected chi connectivity index (χ1v) is 5.52. The lowest BCUT2D eigenvalue weighted by Gasteiger charge is -2.01. The maximum atomic E-state index is 9.74. The quantitative estimate of drug-likeness (QED) is 0.766. The van der Waals surface area contributed by atoms with Gasteiger partial charge < -0.3 is 9.67 Å². The minimum Gasteiger partial charge on any atom is -0.387 e. The zero-order valence-corrected chi connectivity index (χ0v) is 9.16. The van der Waals surface area contributed by atoms with Gasteiger partial charge in [-0.3, -0.25) is 0 Å². The van der Waals surface area contributed by atoms with Gasteiger partial charge in [0.1, 0.15) is 0 Å². The van der Waals surface area contributed by atoms with E-state index in [1.54, 1.807) is 0 Å². The summed E-state index contributed by atoms with van der Waals surface area (Å²) in [5.41, 5.74) is 2.26. The monoisotopic (exact) mass is 251 g/mol. The zero-order valence-electron chi connectivity index (χ0n) is 7.57. The molecule has 2 heterocycles. The van der Waals surface area contributed by atoms with Gasteiger partial charge in [0.25, 0.3) is 0 Å². The summed E-state index contributed by atoms with van der Waals surface area (Å²) in [6.45, 7) is 0.919. The van der Waals surface area contributed by atoms with Gasteiger partial charge in [0.15, 0.2) is 0 Å². The van der Waals surface area contributed by atoms with Gasteiger partial charge in [-0.25, -0.2) is 0 Å². The van der Waals surface area contributed by atoms with E-state index in [0.717, 1.165) is 23.1 Å². The summed E-state index contributed by atoms with van der Waals surface area (Å²) < 4.78 is 3.31. The van der Waals surface area contributed by atoms with Crippen LogP contribution in [0.3, 0.4) is 0 Å². The van der Waals surface area contributed by atoms with Gasteiger partial charge in [0.05, 0.1) is 11.6 Å². The molecule has 72 valence electrons. The van der Waals surface area contributed by atoms with Crippen LogP contribution < -0.4 is 0 Å². The van der Waals surface area contributed by atoms with E-state index in [4.69, 9.17) is 0 Å². The predicted molar refractivity (Wildman–Crippen MR) is 59.2 cm³/mol. The molecule has 1 N–H and O–H groups in total. The number of aryl methyl sites for hydroxylation is 1. The fourth-order valence-corrected chi connectivity index (χ4v) is 2.81. The topological polar surface area (TPSA) is 25.2 Å². The number of hydrogen-bond acceptors (Lipinski definition) is 1. The summed E-state index contributed by atoms with van der Waals surface area (Å²) >= 11 is 3.55. The molecule has 1 atom stereocenters. The highest BCUT2D eigenvalue weighted by Crippen LogP contribution is 2.35. The maximum absolute atomic E-state index is 9.74. The molecular weight excluding hydrogens is 242 g/mol. The molecule has 0 saturated heterocycles. The van der Waals surface area contributed by atoms with Crippen molar-refractivity contribution in [3.05, 3.63) is 34.4 Å². The molecule has 0 amide bonds. The number of aromatic nitrogens is 1. The average Bonchev–Trinajstić information content (AvgIpc) is 2.68. The number of halogens is 1. The van der Waals surface area contributed by atoms with Crippen LogP contribution in [-0.2, 0) is 6.54 Å². The standard InChI is InChI=1S/C11H10BrNO/c12-8-3-1-2-7-6-9-10(14)4-5-13(9)11(7)8/h1-3,6,10,14H,4-5H2. The van der Waals surface area contributed by atoms with Crippen molar-refractivity contribution >= 4 is 26.8 Å². The van der Waals surface area contributed by atoms with Crippen LogP contribution in [0.5, 0.6) is 0 Å². The van der Waals surface area contributed by atoms with E-state index in [9.17, 15) is 5.11 Å². The third-order valence-corrected chi connectivity index (χ3v) is 3.51. The molecular formula is C11H10BrNO. The number of aliphatic hydroxyl groups is 1. The molecule has 0 aliphatic carbocycles. The molecule has 1 unspecified atom stereocenters. The number of aliphatic hydroxyl groups excluding tert-OH is 1. The lowest BCUT2D eigenvalue weighted by Crippen LogP contribution is -1.92. The molecule has 1 aliphatic rings. The van der Waals surface area contributed by atoms with Crippen LogP contribution in [0.1, 0.15) is 18.2 Å². The normalized spacial score (nSPS) is 20.3. The summed E-state index contributed by atoms with van der Waals surface area (Å²) in [4.78, 5) is 0. The Bertz CT molecular complexity index is 503. The van der Waals surface area contributed by atoms with E-state index in [1.807, 2.05) is 12.1 Å². The molecule has 0 saturated carbocycles. The minimum absolute atomic E-state index is 0.283. The van der Waals surface area contributed by atoms with Crippen molar-refractivity contribution in [2.24, 2.45) is 0 Å². The average molecular weight is 252 g/mol.